The highest BCUT2D eigenvalue weighted by Gasteiger charge is 2.21. The number of rotatable bonds is 9. The molecular weight excluding hydrogens is 262 g/mol. The van der Waals surface area contributed by atoms with Gasteiger partial charge in [-0.1, -0.05) is 25.1 Å². The third kappa shape index (κ3) is 5.33. The van der Waals surface area contributed by atoms with Gasteiger partial charge in [0, 0.05) is 6.61 Å². The molecule has 1 fully saturated rings. The summed E-state index contributed by atoms with van der Waals surface area (Å²) < 4.78 is 11.3. The monoisotopic (exact) mass is 291 g/mol. The largest absolute Gasteiger partial charge is 0.496 e. The van der Waals surface area contributed by atoms with Gasteiger partial charge in [-0.05, 0) is 62.7 Å². The van der Waals surface area contributed by atoms with Crippen LogP contribution in [0.2, 0.25) is 0 Å². The maximum absolute atomic E-state index is 5.82. The van der Waals surface area contributed by atoms with E-state index in [4.69, 9.17) is 9.47 Å². The Balaban J connectivity index is 1.95. The molecule has 0 bridgehead atoms. The molecule has 118 valence electrons. The zero-order valence-electron chi connectivity index (χ0n) is 13.4. The molecule has 21 heavy (non-hydrogen) atoms. The molecule has 1 saturated heterocycles. The van der Waals surface area contributed by atoms with Crippen molar-refractivity contribution in [2.24, 2.45) is 5.92 Å². The summed E-state index contributed by atoms with van der Waals surface area (Å²) in [5, 5.41) is 3.57. The second-order valence-electron chi connectivity index (χ2n) is 5.96. The standard InChI is InChI=1S/C18H29NO2/c1-3-10-19-14-15(13-17-8-6-11-21-17)12-16-7-4-5-9-18(16)20-2/h4-5,7,9,15,17,19H,3,6,8,10-14H2,1-2H3. The van der Waals surface area contributed by atoms with Gasteiger partial charge in [-0.15, -0.1) is 0 Å². The van der Waals surface area contributed by atoms with Crippen LogP contribution >= 0.6 is 0 Å². The predicted molar refractivity (Wildman–Crippen MR) is 86.9 cm³/mol. The van der Waals surface area contributed by atoms with Crippen molar-refractivity contribution in [3.8, 4) is 5.75 Å². The number of ether oxygens (including phenoxy) is 2. The van der Waals surface area contributed by atoms with Crippen molar-refractivity contribution in [2.45, 2.75) is 45.1 Å². The van der Waals surface area contributed by atoms with Gasteiger partial charge in [-0.2, -0.15) is 0 Å². The van der Waals surface area contributed by atoms with E-state index in [1.54, 1.807) is 7.11 Å². The smallest absolute Gasteiger partial charge is 0.122 e. The number of nitrogens with one attached hydrogen (secondary N) is 1. The topological polar surface area (TPSA) is 30.5 Å². The van der Waals surface area contributed by atoms with Crippen molar-refractivity contribution < 1.29 is 9.47 Å². The zero-order valence-corrected chi connectivity index (χ0v) is 13.4. The number of methoxy groups -OCH3 is 1. The minimum atomic E-state index is 0.452. The first-order valence-electron chi connectivity index (χ1n) is 8.27. The summed E-state index contributed by atoms with van der Waals surface area (Å²) in [5.74, 6) is 1.61. The third-order valence-electron chi connectivity index (χ3n) is 4.18. The number of para-hydroxylation sites is 1. The molecule has 0 aliphatic carbocycles. The van der Waals surface area contributed by atoms with Crippen molar-refractivity contribution in [1.82, 2.24) is 5.32 Å². The maximum Gasteiger partial charge on any atom is 0.122 e. The maximum atomic E-state index is 5.82. The Morgan fingerprint density at radius 2 is 2.24 bits per heavy atom. The molecule has 0 saturated carbocycles. The van der Waals surface area contributed by atoms with Crippen LogP contribution in [0.15, 0.2) is 24.3 Å². The molecular formula is C18H29NO2. The first-order chi connectivity index (χ1) is 10.3. The minimum Gasteiger partial charge on any atom is -0.496 e. The molecule has 1 N–H and O–H groups in total. The van der Waals surface area contributed by atoms with E-state index >= 15 is 0 Å². The van der Waals surface area contributed by atoms with Crippen molar-refractivity contribution in [3.05, 3.63) is 29.8 Å². The fourth-order valence-corrected chi connectivity index (χ4v) is 3.11. The number of hydrogen-bond donors (Lipinski definition) is 1. The Morgan fingerprint density at radius 3 is 2.95 bits per heavy atom. The molecule has 0 spiro atoms. The summed E-state index contributed by atoms with van der Waals surface area (Å²) in [6.07, 6.45) is 6.27. The first kappa shape index (κ1) is 16.3. The van der Waals surface area contributed by atoms with E-state index in [0.717, 1.165) is 38.3 Å². The van der Waals surface area contributed by atoms with Gasteiger partial charge >= 0.3 is 0 Å². The quantitative estimate of drug-likeness (QED) is 0.707. The summed E-state index contributed by atoms with van der Waals surface area (Å²) >= 11 is 0. The summed E-state index contributed by atoms with van der Waals surface area (Å²) in [5.41, 5.74) is 1.31. The Bertz CT molecular complexity index is 402. The minimum absolute atomic E-state index is 0.452. The van der Waals surface area contributed by atoms with Crippen LogP contribution in [-0.2, 0) is 11.2 Å². The zero-order chi connectivity index (χ0) is 14.9. The second-order valence-corrected chi connectivity index (χ2v) is 5.96. The van der Waals surface area contributed by atoms with Gasteiger partial charge in [0.2, 0.25) is 0 Å². The van der Waals surface area contributed by atoms with Gasteiger partial charge in [0.1, 0.15) is 5.75 Å². The lowest BCUT2D eigenvalue weighted by Gasteiger charge is -2.22. The van der Waals surface area contributed by atoms with Crippen LogP contribution in [0.4, 0.5) is 0 Å². The van der Waals surface area contributed by atoms with E-state index in [-0.39, 0.29) is 0 Å². The van der Waals surface area contributed by atoms with Gasteiger partial charge in [0.15, 0.2) is 0 Å². The lowest BCUT2D eigenvalue weighted by molar-refractivity contribution is 0.0892. The highest BCUT2D eigenvalue weighted by molar-refractivity contribution is 5.33. The molecule has 3 nitrogen and oxygen atoms in total. The van der Waals surface area contributed by atoms with Crippen LogP contribution in [0.5, 0.6) is 5.75 Å². The van der Waals surface area contributed by atoms with E-state index in [0.29, 0.717) is 12.0 Å². The van der Waals surface area contributed by atoms with Crippen molar-refractivity contribution in [3.63, 3.8) is 0 Å². The van der Waals surface area contributed by atoms with Crippen LogP contribution in [0, 0.1) is 5.92 Å². The Labute approximate surface area is 129 Å². The van der Waals surface area contributed by atoms with E-state index < -0.39 is 0 Å². The van der Waals surface area contributed by atoms with Crippen LogP contribution in [0.1, 0.15) is 38.2 Å². The van der Waals surface area contributed by atoms with Crippen molar-refractivity contribution >= 4 is 0 Å². The van der Waals surface area contributed by atoms with Crippen LogP contribution in [0.25, 0.3) is 0 Å². The molecule has 2 atom stereocenters. The highest BCUT2D eigenvalue weighted by atomic mass is 16.5. The molecule has 1 aliphatic rings. The lowest BCUT2D eigenvalue weighted by Crippen LogP contribution is -2.28. The summed E-state index contributed by atoms with van der Waals surface area (Å²) in [4.78, 5) is 0. The Hall–Kier alpha value is -1.06. The first-order valence-corrected chi connectivity index (χ1v) is 8.27. The van der Waals surface area contributed by atoms with Gasteiger partial charge < -0.3 is 14.8 Å². The van der Waals surface area contributed by atoms with Gasteiger partial charge in [0.05, 0.1) is 13.2 Å². The van der Waals surface area contributed by atoms with Crippen molar-refractivity contribution in [1.29, 1.82) is 0 Å². The molecule has 2 unspecified atom stereocenters. The van der Waals surface area contributed by atoms with E-state index in [9.17, 15) is 0 Å². The molecule has 0 radical (unpaired) electrons. The molecule has 3 heteroatoms. The summed E-state index contributed by atoms with van der Waals surface area (Å²) in [6.45, 7) is 5.30. The molecule has 1 aromatic rings. The number of benzene rings is 1. The second kappa shape index (κ2) is 9.06. The molecule has 1 aliphatic heterocycles. The SMILES string of the molecule is CCCNCC(Cc1ccccc1OC)CC1CCCO1. The average molecular weight is 291 g/mol. The van der Waals surface area contributed by atoms with E-state index in [1.807, 2.05) is 6.07 Å². The third-order valence-corrected chi connectivity index (χ3v) is 4.18. The fraction of sp³-hybridized carbons (Fsp3) is 0.667. The van der Waals surface area contributed by atoms with E-state index in [2.05, 4.69) is 30.4 Å². The lowest BCUT2D eigenvalue weighted by atomic mass is 9.92. The normalized spacial score (nSPS) is 19.6. The molecule has 1 aromatic carbocycles. The Kier molecular flexibility index (Phi) is 7.04. The van der Waals surface area contributed by atoms with Crippen LogP contribution in [0.3, 0.4) is 0 Å². The van der Waals surface area contributed by atoms with Gasteiger partial charge in [0.25, 0.3) is 0 Å². The van der Waals surface area contributed by atoms with Gasteiger partial charge in [-0.3, -0.25) is 0 Å². The molecule has 1 heterocycles. The van der Waals surface area contributed by atoms with Crippen LogP contribution in [-0.4, -0.2) is 32.9 Å². The molecule has 2 rings (SSSR count). The number of hydrogen-bond acceptors (Lipinski definition) is 3. The molecule has 0 aromatic heterocycles. The van der Waals surface area contributed by atoms with Crippen molar-refractivity contribution in [2.75, 3.05) is 26.8 Å². The Morgan fingerprint density at radius 1 is 1.38 bits per heavy atom. The average Bonchev–Trinajstić information content (AvgIpc) is 3.01. The van der Waals surface area contributed by atoms with Gasteiger partial charge in [-0.25, -0.2) is 0 Å². The van der Waals surface area contributed by atoms with E-state index in [1.165, 1.54) is 24.8 Å². The fourth-order valence-electron chi connectivity index (χ4n) is 3.11. The summed E-state index contributed by atoms with van der Waals surface area (Å²) in [7, 11) is 1.75. The predicted octanol–water partition coefficient (Wildman–Crippen LogP) is 3.42. The highest BCUT2D eigenvalue weighted by Crippen LogP contribution is 2.26. The molecule has 0 amide bonds. The summed E-state index contributed by atoms with van der Waals surface area (Å²) in [6, 6.07) is 8.37. The van der Waals surface area contributed by atoms with Crippen LogP contribution < -0.4 is 10.1 Å².